The van der Waals surface area contributed by atoms with Gasteiger partial charge in [0.15, 0.2) is 0 Å². The minimum atomic E-state index is -3.49. The predicted octanol–water partition coefficient (Wildman–Crippen LogP) is 2.67. The molecule has 0 amide bonds. The summed E-state index contributed by atoms with van der Waals surface area (Å²) in [6.45, 7) is 2.31. The van der Waals surface area contributed by atoms with Crippen LogP contribution in [0, 0.1) is 0 Å². The van der Waals surface area contributed by atoms with Crippen LogP contribution < -0.4 is 5.73 Å². The second-order valence-electron chi connectivity index (χ2n) is 4.62. The lowest BCUT2D eigenvalue weighted by Gasteiger charge is -2.24. The summed E-state index contributed by atoms with van der Waals surface area (Å²) in [5.41, 5.74) is 6.45. The molecule has 1 rings (SSSR count). The van der Waals surface area contributed by atoms with E-state index in [2.05, 4.69) is 15.9 Å². The normalized spacial score (nSPS) is 13.7. The van der Waals surface area contributed by atoms with Gasteiger partial charge >= 0.3 is 0 Å². The van der Waals surface area contributed by atoms with Gasteiger partial charge in [-0.3, -0.25) is 0 Å². The number of benzene rings is 1. The van der Waals surface area contributed by atoms with E-state index in [0.29, 0.717) is 11.0 Å². The summed E-state index contributed by atoms with van der Waals surface area (Å²) < 4.78 is 27.2. The first-order valence-electron chi connectivity index (χ1n) is 6.30. The van der Waals surface area contributed by atoms with Crippen molar-refractivity contribution in [3.63, 3.8) is 0 Å². The van der Waals surface area contributed by atoms with Gasteiger partial charge in [0.2, 0.25) is 10.0 Å². The summed E-state index contributed by atoms with van der Waals surface area (Å²) in [6.07, 6.45) is 2.85. The summed E-state index contributed by atoms with van der Waals surface area (Å²) in [4.78, 5) is 0.285. The molecule has 7 heteroatoms. The molecule has 20 heavy (non-hydrogen) atoms. The molecule has 114 valence electrons. The van der Waals surface area contributed by atoms with E-state index < -0.39 is 10.0 Å². The summed E-state index contributed by atoms with van der Waals surface area (Å²) in [5, 5.41) is 0. The van der Waals surface area contributed by atoms with Crippen molar-refractivity contribution in [2.45, 2.75) is 30.8 Å². The molecule has 0 saturated carbocycles. The minimum absolute atomic E-state index is 0.0338. The number of rotatable bonds is 7. The monoisotopic (exact) mass is 380 g/mol. The smallest absolute Gasteiger partial charge is 0.244 e. The van der Waals surface area contributed by atoms with E-state index >= 15 is 0 Å². The zero-order chi connectivity index (χ0) is 15.3. The van der Waals surface area contributed by atoms with E-state index in [4.69, 9.17) is 5.73 Å². The van der Waals surface area contributed by atoms with Crippen LogP contribution in [0.1, 0.15) is 18.9 Å². The lowest BCUT2D eigenvalue weighted by molar-refractivity contribution is 0.382. The van der Waals surface area contributed by atoms with Crippen LogP contribution in [0.4, 0.5) is 0 Å². The molecule has 4 nitrogen and oxygen atoms in total. The second-order valence-corrected chi connectivity index (χ2v) is 8.43. The zero-order valence-corrected chi connectivity index (χ0v) is 15.2. The largest absolute Gasteiger partial charge is 0.326 e. The molecule has 1 aromatic carbocycles. The van der Waals surface area contributed by atoms with Crippen LogP contribution in [-0.2, 0) is 16.6 Å². The fourth-order valence-electron chi connectivity index (χ4n) is 1.74. The summed E-state index contributed by atoms with van der Waals surface area (Å²) >= 11 is 5.05. The van der Waals surface area contributed by atoms with E-state index in [1.807, 2.05) is 13.2 Å². The Hall–Kier alpha value is -0.0800. The lowest BCUT2D eigenvalue weighted by Crippen LogP contribution is -2.35. The van der Waals surface area contributed by atoms with Gasteiger partial charge in [-0.2, -0.15) is 16.1 Å². The molecule has 0 aliphatic heterocycles. The maximum atomic E-state index is 12.6. The highest BCUT2D eigenvalue weighted by Gasteiger charge is 2.27. The number of nitrogens with two attached hydrogens (primary N) is 1. The van der Waals surface area contributed by atoms with Gasteiger partial charge in [-0.05, 0) is 59.0 Å². The van der Waals surface area contributed by atoms with Gasteiger partial charge in [0.1, 0.15) is 0 Å². The first kappa shape index (κ1) is 18.0. The predicted molar refractivity (Wildman–Crippen MR) is 89.4 cm³/mol. The van der Waals surface area contributed by atoms with Gasteiger partial charge in [0.25, 0.3) is 0 Å². The highest BCUT2D eigenvalue weighted by atomic mass is 79.9. The van der Waals surface area contributed by atoms with Gasteiger partial charge in [-0.15, -0.1) is 0 Å². The third kappa shape index (κ3) is 4.21. The van der Waals surface area contributed by atoms with Crippen LogP contribution in [0.2, 0.25) is 0 Å². The van der Waals surface area contributed by atoms with Crippen molar-refractivity contribution in [3.05, 3.63) is 28.2 Å². The van der Waals surface area contributed by atoms with Crippen molar-refractivity contribution in [3.8, 4) is 0 Å². The third-order valence-electron chi connectivity index (χ3n) is 3.25. The van der Waals surface area contributed by atoms with Gasteiger partial charge in [-0.1, -0.05) is 6.07 Å². The van der Waals surface area contributed by atoms with Crippen LogP contribution in [-0.4, -0.2) is 37.8 Å². The molecule has 0 aromatic heterocycles. The molecular weight excluding hydrogens is 360 g/mol. The Bertz CT molecular complexity index is 549. The van der Waals surface area contributed by atoms with Crippen LogP contribution in [0.25, 0.3) is 0 Å². The molecule has 1 aromatic rings. The van der Waals surface area contributed by atoms with E-state index in [9.17, 15) is 8.42 Å². The molecule has 0 radical (unpaired) electrons. The molecule has 0 aliphatic carbocycles. The SMILES string of the molecule is CSCCC(C)N(C)S(=O)(=O)c1ccc(CN)cc1Br. The van der Waals surface area contributed by atoms with Gasteiger partial charge in [0.05, 0.1) is 4.90 Å². The molecule has 0 aliphatic rings. The Morgan fingerprint density at radius 1 is 1.45 bits per heavy atom. The van der Waals surface area contributed by atoms with Crippen molar-refractivity contribution >= 4 is 37.7 Å². The molecule has 1 unspecified atom stereocenters. The first-order chi connectivity index (χ1) is 9.34. The standard InChI is InChI=1S/C13H21BrN2O2S2/c1-10(6-7-19-3)16(2)20(17,18)13-5-4-11(9-15)8-12(13)14/h4-5,8,10H,6-7,9,15H2,1-3H3. The number of nitrogens with zero attached hydrogens (tertiary/aromatic N) is 1. The van der Waals surface area contributed by atoms with Crippen molar-refractivity contribution in [1.82, 2.24) is 4.31 Å². The van der Waals surface area contributed by atoms with Crippen molar-refractivity contribution < 1.29 is 8.42 Å². The number of halogens is 1. The van der Waals surface area contributed by atoms with E-state index in [-0.39, 0.29) is 10.9 Å². The number of sulfonamides is 1. The molecular formula is C13H21BrN2O2S2. The van der Waals surface area contributed by atoms with Crippen LogP contribution in [0.3, 0.4) is 0 Å². The average molecular weight is 381 g/mol. The highest BCUT2D eigenvalue weighted by Crippen LogP contribution is 2.27. The molecule has 0 spiro atoms. The Balaban J connectivity index is 3.04. The van der Waals surface area contributed by atoms with E-state index in [1.54, 1.807) is 37.0 Å². The summed E-state index contributed by atoms with van der Waals surface area (Å²) in [6, 6.07) is 5.08. The topological polar surface area (TPSA) is 63.4 Å². The molecule has 2 N–H and O–H groups in total. The fourth-order valence-corrected chi connectivity index (χ4v) is 4.79. The fraction of sp³-hybridized carbons (Fsp3) is 0.538. The van der Waals surface area contributed by atoms with Gasteiger partial charge in [-0.25, -0.2) is 8.42 Å². The quantitative estimate of drug-likeness (QED) is 0.789. The van der Waals surface area contributed by atoms with Gasteiger partial charge < -0.3 is 5.73 Å². The Kier molecular flexibility index (Phi) is 7.00. The molecule has 0 fully saturated rings. The number of thioether (sulfide) groups is 1. The van der Waals surface area contributed by atoms with Crippen molar-refractivity contribution in [2.75, 3.05) is 19.1 Å². The van der Waals surface area contributed by atoms with Gasteiger partial charge in [0, 0.05) is 24.1 Å². The summed E-state index contributed by atoms with van der Waals surface area (Å²) in [5.74, 6) is 0.939. The van der Waals surface area contributed by atoms with Crippen LogP contribution in [0.15, 0.2) is 27.6 Å². The van der Waals surface area contributed by atoms with E-state index in [0.717, 1.165) is 17.7 Å². The Morgan fingerprint density at radius 2 is 2.10 bits per heavy atom. The minimum Gasteiger partial charge on any atom is -0.326 e. The Morgan fingerprint density at radius 3 is 2.60 bits per heavy atom. The van der Waals surface area contributed by atoms with Crippen LogP contribution in [0.5, 0.6) is 0 Å². The maximum Gasteiger partial charge on any atom is 0.244 e. The number of hydrogen-bond acceptors (Lipinski definition) is 4. The number of hydrogen-bond donors (Lipinski definition) is 1. The summed E-state index contributed by atoms with van der Waals surface area (Å²) in [7, 11) is -1.86. The average Bonchev–Trinajstić information content (AvgIpc) is 2.43. The molecule has 1 atom stereocenters. The lowest BCUT2D eigenvalue weighted by atomic mass is 10.2. The molecule has 0 bridgehead atoms. The van der Waals surface area contributed by atoms with Crippen molar-refractivity contribution in [1.29, 1.82) is 0 Å². The van der Waals surface area contributed by atoms with Crippen LogP contribution >= 0.6 is 27.7 Å². The highest BCUT2D eigenvalue weighted by molar-refractivity contribution is 9.10. The molecule has 0 heterocycles. The molecule has 0 saturated heterocycles. The van der Waals surface area contributed by atoms with Crippen molar-refractivity contribution in [2.24, 2.45) is 5.73 Å². The zero-order valence-electron chi connectivity index (χ0n) is 12.0. The maximum absolute atomic E-state index is 12.6. The Labute approximate surface area is 134 Å². The first-order valence-corrected chi connectivity index (χ1v) is 9.92. The van der Waals surface area contributed by atoms with E-state index in [1.165, 1.54) is 4.31 Å². The third-order valence-corrected chi connectivity index (χ3v) is 6.84. The second kappa shape index (κ2) is 7.79.